The van der Waals surface area contributed by atoms with Gasteiger partial charge in [-0.2, -0.15) is 0 Å². The van der Waals surface area contributed by atoms with E-state index in [4.69, 9.17) is 4.74 Å². The predicted octanol–water partition coefficient (Wildman–Crippen LogP) is 2.96. The van der Waals surface area contributed by atoms with E-state index in [-0.39, 0.29) is 23.7 Å². The van der Waals surface area contributed by atoms with Crippen LogP contribution in [0.5, 0.6) is 0 Å². The van der Waals surface area contributed by atoms with E-state index in [2.05, 4.69) is 37.9 Å². The van der Waals surface area contributed by atoms with Crippen LogP contribution in [0.25, 0.3) is 0 Å². The summed E-state index contributed by atoms with van der Waals surface area (Å²) in [6.45, 7) is 11.3. The number of carbonyl (C=O) groups excluding carboxylic acids is 1. The van der Waals surface area contributed by atoms with E-state index in [0.717, 1.165) is 32.0 Å². The molecule has 2 rings (SSSR count). The molecule has 0 aromatic heterocycles. The standard InChI is InChI=1S/C18H34N2O2/c1-14-11-20(12-15(2)22-14)18(3,4)13-19-17(21)10-9-16-7-5-6-8-16/h14-16H,5-13H2,1-4H3,(H,19,21)/t14-,15+. The van der Waals surface area contributed by atoms with E-state index in [1.165, 1.54) is 25.7 Å². The summed E-state index contributed by atoms with van der Waals surface area (Å²) in [5, 5.41) is 3.15. The van der Waals surface area contributed by atoms with Gasteiger partial charge in [0.25, 0.3) is 0 Å². The largest absolute Gasteiger partial charge is 0.373 e. The maximum Gasteiger partial charge on any atom is 0.220 e. The summed E-state index contributed by atoms with van der Waals surface area (Å²) in [4.78, 5) is 14.6. The molecule has 1 aliphatic heterocycles. The molecule has 4 nitrogen and oxygen atoms in total. The summed E-state index contributed by atoms with van der Waals surface area (Å²) >= 11 is 0. The number of morpholine rings is 1. The Hall–Kier alpha value is -0.610. The van der Waals surface area contributed by atoms with Gasteiger partial charge >= 0.3 is 0 Å². The van der Waals surface area contributed by atoms with Gasteiger partial charge in [-0.25, -0.2) is 0 Å². The van der Waals surface area contributed by atoms with Crippen LogP contribution in [-0.2, 0) is 9.53 Å². The first-order valence-electron chi connectivity index (χ1n) is 9.04. The zero-order valence-corrected chi connectivity index (χ0v) is 14.9. The maximum absolute atomic E-state index is 12.1. The molecule has 0 aromatic rings. The topological polar surface area (TPSA) is 41.6 Å². The van der Waals surface area contributed by atoms with Gasteiger partial charge in [-0.05, 0) is 40.0 Å². The van der Waals surface area contributed by atoms with Gasteiger partial charge in [0.2, 0.25) is 5.91 Å². The number of hydrogen-bond acceptors (Lipinski definition) is 3. The summed E-state index contributed by atoms with van der Waals surface area (Å²) in [6.07, 6.45) is 7.64. The van der Waals surface area contributed by atoms with E-state index in [1.54, 1.807) is 0 Å². The Bertz CT molecular complexity index is 354. The fourth-order valence-electron chi connectivity index (χ4n) is 3.82. The maximum atomic E-state index is 12.1. The first kappa shape index (κ1) is 17.7. The van der Waals surface area contributed by atoms with Gasteiger partial charge in [0.15, 0.2) is 0 Å². The normalized spacial score (nSPS) is 28.0. The number of ether oxygens (including phenoxy) is 1. The Morgan fingerprint density at radius 2 is 1.77 bits per heavy atom. The van der Waals surface area contributed by atoms with Gasteiger partial charge in [-0.1, -0.05) is 25.7 Å². The van der Waals surface area contributed by atoms with Crippen molar-refractivity contribution in [3.05, 3.63) is 0 Å². The highest BCUT2D eigenvalue weighted by Gasteiger charge is 2.33. The van der Waals surface area contributed by atoms with Gasteiger partial charge in [0, 0.05) is 31.6 Å². The number of hydrogen-bond donors (Lipinski definition) is 1. The Morgan fingerprint density at radius 1 is 1.18 bits per heavy atom. The highest BCUT2D eigenvalue weighted by atomic mass is 16.5. The number of nitrogens with one attached hydrogen (secondary N) is 1. The van der Waals surface area contributed by atoms with Gasteiger partial charge in [-0.3, -0.25) is 9.69 Å². The van der Waals surface area contributed by atoms with Crippen molar-refractivity contribution in [3.63, 3.8) is 0 Å². The lowest BCUT2D eigenvalue weighted by Crippen LogP contribution is -2.58. The second-order valence-electron chi connectivity index (χ2n) is 7.94. The van der Waals surface area contributed by atoms with Crippen molar-refractivity contribution >= 4 is 5.91 Å². The summed E-state index contributed by atoms with van der Waals surface area (Å²) in [5.74, 6) is 1.01. The summed E-state index contributed by atoms with van der Waals surface area (Å²) in [7, 11) is 0. The zero-order chi connectivity index (χ0) is 16.2. The lowest BCUT2D eigenvalue weighted by molar-refractivity contribution is -0.123. The molecule has 1 amide bonds. The number of nitrogens with zero attached hydrogens (tertiary/aromatic N) is 1. The van der Waals surface area contributed by atoms with Crippen LogP contribution in [0, 0.1) is 5.92 Å². The quantitative estimate of drug-likeness (QED) is 0.820. The van der Waals surface area contributed by atoms with Crippen LogP contribution >= 0.6 is 0 Å². The molecule has 128 valence electrons. The number of amides is 1. The van der Waals surface area contributed by atoms with Crippen LogP contribution in [0.2, 0.25) is 0 Å². The van der Waals surface area contributed by atoms with Crippen LogP contribution in [0.4, 0.5) is 0 Å². The van der Waals surface area contributed by atoms with Gasteiger partial charge in [0.05, 0.1) is 12.2 Å². The smallest absolute Gasteiger partial charge is 0.220 e. The van der Waals surface area contributed by atoms with Crippen LogP contribution < -0.4 is 5.32 Å². The van der Waals surface area contributed by atoms with Crippen LogP contribution in [0.3, 0.4) is 0 Å². The molecule has 2 aliphatic rings. The summed E-state index contributed by atoms with van der Waals surface area (Å²) in [5.41, 5.74) is -0.0185. The van der Waals surface area contributed by atoms with Crippen molar-refractivity contribution in [2.45, 2.75) is 84.0 Å². The Morgan fingerprint density at radius 3 is 2.36 bits per heavy atom. The van der Waals surface area contributed by atoms with Crippen molar-refractivity contribution < 1.29 is 9.53 Å². The van der Waals surface area contributed by atoms with Crippen molar-refractivity contribution in [2.24, 2.45) is 5.92 Å². The molecule has 0 bridgehead atoms. The molecule has 22 heavy (non-hydrogen) atoms. The SMILES string of the molecule is C[C@@H]1CN(C(C)(C)CNC(=O)CCC2CCCC2)C[C@H](C)O1. The molecule has 1 heterocycles. The first-order valence-corrected chi connectivity index (χ1v) is 9.04. The van der Waals surface area contributed by atoms with Crippen molar-refractivity contribution in [1.29, 1.82) is 0 Å². The second-order valence-corrected chi connectivity index (χ2v) is 7.94. The van der Waals surface area contributed by atoms with Crippen LogP contribution in [0.1, 0.15) is 66.2 Å². The van der Waals surface area contributed by atoms with E-state index < -0.39 is 0 Å². The molecule has 0 aromatic carbocycles. The van der Waals surface area contributed by atoms with Crippen LogP contribution in [0.15, 0.2) is 0 Å². The highest BCUT2D eigenvalue weighted by molar-refractivity contribution is 5.75. The van der Waals surface area contributed by atoms with Crippen molar-refractivity contribution in [2.75, 3.05) is 19.6 Å². The van der Waals surface area contributed by atoms with Crippen LogP contribution in [-0.4, -0.2) is 48.2 Å². The zero-order valence-electron chi connectivity index (χ0n) is 14.9. The van der Waals surface area contributed by atoms with Gasteiger partial charge in [-0.15, -0.1) is 0 Å². The average molecular weight is 310 g/mol. The molecule has 1 saturated heterocycles. The summed E-state index contributed by atoms with van der Waals surface area (Å²) < 4.78 is 5.80. The molecule has 0 unspecified atom stereocenters. The minimum atomic E-state index is -0.0185. The molecule has 1 N–H and O–H groups in total. The minimum absolute atomic E-state index is 0.0185. The monoisotopic (exact) mass is 310 g/mol. The number of carbonyl (C=O) groups is 1. The molecule has 0 spiro atoms. The third kappa shape index (κ3) is 5.24. The Kier molecular flexibility index (Phi) is 6.27. The molecular formula is C18H34N2O2. The third-order valence-corrected chi connectivity index (χ3v) is 5.25. The first-order chi connectivity index (χ1) is 10.4. The Labute approximate surface area is 136 Å². The van der Waals surface area contributed by atoms with Crippen molar-refractivity contribution in [1.82, 2.24) is 10.2 Å². The third-order valence-electron chi connectivity index (χ3n) is 5.25. The predicted molar refractivity (Wildman–Crippen MR) is 89.9 cm³/mol. The van der Waals surface area contributed by atoms with E-state index in [1.807, 2.05) is 0 Å². The lowest BCUT2D eigenvalue weighted by Gasteiger charge is -2.45. The fourth-order valence-corrected chi connectivity index (χ4v) is 3.82. The molecular weight excluding hydrogens is 276 g/mol. The number of rotatable bonds is 6. The molecule has 4 heteroatoms. The molecule has 0 radical (unpaired) electrons. The molecule has 1 aliphatic carbocycles. The second kappa shape index (κ2) is 7.78. The molecule has 1 saturated carbocycles. The highest BCUT2D eigenvalue weighted by Crippen LogP contribution is 2.28. The minimum Gasteiger partial charge on any atom is -0.373 e. The van der Waals surface area contributed by atoms with Gasteiger partial charge in [0.1, 0.15) is 0 Å². The lowest BCUT2D eigenvalue weighted by atomic mass is 9.99. The van der Waals surface area contributed by atoms with E-state index in [0.29, 0.717) is 6.42 Å². The fraction of sp³-hybridized carbons (Fsp3) is 0.944. The van der Waals surface area contributed by atoms with E-state index >= 15 is 0 Å². The summed E-state index contributed by atoms with van der Waals surface area (Å²) in [6, 6.07) is 0. The van der Waals surface area contributed by atoms with E-state index in [9.17, 15) is 4.79 Å². The van der Waals surface area contributed by atoms with Crippen molar-refractivity contribution in [3.8, 4) is 0 Å². The molecule has 2 fully saturated rings. The average Bonchev–Trinajstić information content (AvgIpc) is 2.95. The Balaban J connectivity index is 1.72. The van der Waals surface area contributed by atoms with Gasteiger partial charge < -0.3 is 10.1 Å². The molecule has 2 atom stereocenters.